The van der Waals surface area contributed by atoms with Crippen LogP contribution in [-0.2, 0) is 16.1 Å². The van der Waals surface area contributed by atoms with E-state index in [9.17, 15) is 9.90 Å². The molecule has 1 N–H and O–H groups in total. The highest BCUT2D eigenvalue weighted by Gasteiger charge is 2.23. The van der Waals surface area contributed by atoms with Crippen LogP contribution in [0.25, 0.3) is 0 Å². The number of hydrogen-bond donors (Lipinski definition) is 1. The predicted octanol–water partition coefficient (Wildman–Crippen LogP) is 2.41. The molecule has 1 atom stereocenters. The molecule has 0 saturated carbocycles. The molecule has 2 rings (SSSR count). The van der Waals surface area contributed by atoms with Crippen LogP contribution in [-0.4, -0.2) is 73.0 Å². The second-order valence-electron chi connectivity index (χ2n) is 5.78. The summed E-state index contributed by atoms with van der Waals surface area (Å²) in [5, 5.41) is 10.8. The maximum atomic E-state index is 11.6. The Kier molecular flexibility index (Phi) is 10.2. The molecule has 1 saturated heterocycles. The molecule has 142 valence electrons. The highest BCUT2D eigenvalue weighted by atomic mass is 35.5. The van der Waals surface area contributed by atoms with Crippen molar-refractivity contribution in [2.75, 3.05) is 45.9 Å². The number of rotatable bonds is 7. The minimum atomic E-state index is -0.550. The van der Waals surface area contributed by atoms with Crippen molar-refractivity contribution in [3.05, 3.63) is 34.9 Å². The highest BCUT2D eigenvalue weighted by molar-refractivity contribution is 6.30. The van der Waals surface area contributed by atoms with Gasteiger partial charge in [-0.05, 0) is 24.6 Å². The molecule has 0 bridgehead atoms. The Morgan fingerprint density at radius 1 is 1.24 bits per heavy atom. The number of aliphatic hydroxyl groups excluding tert-OH is 1. The molecule has 1 heterocycles. The summed E-state index contributed by atoms with van der Waals surface area (Å²) in [4.78, 5) is 15.5. The number of amides is 1. The maximum absolute atomic E-state index is 11.6. The zero-order valence-electron chi connectivity index (χ0n) is 14.4. The Morgan fingerprint density at radius 3 is 2.48 bits per heavy atom. The van der Waals surface area contributed by atoms with Crippen LogP contribution < -0.4 is 0 Å². The summed E-state index contributed by atoms with van der Waals surface area (Å²) in [6.07, 6.45) is -0.810. The van der Waals surface area contributed by atoms with Crippen LogP contribution in [0.3, 0.4) is 0 Å². The molecular weight excluding hydrogens is 367 g/mol. The van der Waals surface area contributed by atoms with Gasteiger partial charge in [-0.1, -0.05) is 23.7 Å². The SMILES string of the molecule is CCOC(=O)N1CCN(CC(O)COCc2ccc(Cl)cc2)CC1.Cl. The van der Waals surface area contributed by atoms with Crippen LogP contribution >= 0.6 is 24.0 Å². The Morgan fingerprint density at radius 2 is 1.88 bits per heavy atom. The first kappa shape index (κ1) is 22.0. The van der Waals surface area contributed by atoms with Gasteiger partial charge in [-0.15, -0.1) is 12.4 Å². The molecule has 1 aliphatic rings. The number of aliphatic hydroxyl groups is 1. The van der Waals surface area contributed by atoms with Gasteiger partial charge in [-0.25, -0.2) is 4.79 Å². The zero-order chi connectivity index (χ0) is 17.4. The van der Waals surface area contributed by atoms with Crippen molar-refractivity contribution < 1.29 is 19.4 Å². The molecule has 25 heavy (non-hydrogen) atoms. The summed E-state index contributed by atoms with van der Waals surface area (Å²) in [6.45, 7) is 6.16. The van der Waals surface area contributed by atoms with Gasteiger partial charge in [0.25, 0.3) is 0 Å². The molecule has 8 heteroatoms. The van der Waals surface area contributed by atoms with Crippen LogP contribution in [0.4, 0.5) is 4.79 Å². The van der Waals surface area contributed by atoms with E-state index >= 15 is 0 Å². The Bertz CT molecular complexity index is 508. The molecule has 0 aliphatic carbocycles. The minimum Gasteiger partial charge on any atom is -0.450 e. The van der Waals surface area contributed by atoms with E-state index in [2.05, 4.69) is 4.90 Å². The summed E-state index contributed by atoms with van der Waals surface area (Å²) < 4.78 is 10.5. The van der Waals surface area contributed by atoms with E-state index in [0.717, 1.165) is 18.7 Å². The number of β-amino-alcohol motifs (C(OH)–C–C–N with tert-alkyl or cyclic N) is 1. The molecule has 1 fully saturated rings. The van der Waals surface area contributed by atoms with Crippen molar-refractivity contribution in [1.29, 1.82) is 0 Å². The standard InChI is InChI=1S/C17H25ClN2O4.ClH/c1-2-24-17(22)20-9-7-19(8-10-20)11-16(21)13-23-12-14-3-5-15(18)6-4-14;/h3-6,16,21H,2,7-13H2,1H3;1H. The second kappa shape index (κ2) is 11.5. The van der Waals surface area contributed by atoms with E-state index in [0.29, 0.717) is 37.9 Å². The molecule has 0 radical (unpaired) electrons. The Hall–Kier alpha value is -1.05. The van der Waals surface area contributed by atoms with Gasteiger partial charge >= 0.3 is 6.09 Å². The number of nitrogens with zero attached hydrogens (tertiary/aromatic N) is 2. The number of piperazine rings is 1. The van der Waals surface area contributed by atoms with Crippen molar-refractivity contribution >= 4 is 30.1 Å². The monoisotopic (exact) mass is 392 g/mol. The van der Waals surface area contributed by atoms with Gasteiger partial charge in [0.05, 0.1) is 25.9 Å². The van der Waals surface area contributed by atoms with E-state index < -0.39 is 6.10 Å². The Balaban J connectivity index is 0.00000312. The third-order valence-electron chi connectivity index (χ3n) is 3.86. The average Bonchev–Trinajstić information content (AvgIpc) is 2.57. The van der Waals surface area contributed by atoms with Gasteiger partial charge in [-0.3, -0.25) is 4.90 Å². The van der Waals surface area contributed by atoms with E-state index in [4.69, 9.17) is 21.1 Å². The summed E-state index contributed by atoms with van der Waals surface area (Å²) in [6, 6.07) is 7.45. The maximum Gasteiger partial charge on any atom is 0.409 e. The molecular formula is C17H26Cl2N2O4. The molecule has 0 spiro atoms. The fourth-order valence-electron chi connectivity index (χ4n) is 2.57. The number of benzene rings is 1. The van der Waals surface area contributed by atoms with Gasteiger partial charge in [0, 0.05) is 37.7 Å². The molecule has 1 amide bonds. The molecule has 0 aromatic heterocycles. The van der Waals surface area contributed by atoms with Crippen LogP contribution in [0.1, 0.15) is 12.5 Å². The summed E-state index contributed by atoms with van der Waals surface area (Å²) in [5.74, 6) is 0. The topological polar surface area (TPSA) is 62.2 Å². The number of carbonyl (C=O) groups is 1. The highest BCUT2D eigenvalue weighted by Crippen LogP contribution is 2.10. The van der Waals surface area contributed by atoms with Crippen LogP contribution in [0.2, 0.25) is 5.02 Å². The summed E-state index contributed by atoms with van der Waals surface area (Å²) >= 11 is 5.83. The quantitative estimate of drug-likeness (QED) is 0.771. The number of halogens is 2. The molecule has 1 aromatic carbocycles. The fraction of sp³-hybridized carbons (Fsp3) is 0.588. The average molecular weight is 393 g/mol. The smallest absolute Gasteiger partial charge is 0.409 e. The lowest BCUT2D eigenvalue weighted by Gasteiger charge is -2.34. The van der Waals surface area contributed by atoms with Crippen LogP contribution in [0.5, 0.6) is 0 Å². The molecule has 1 aliphatic heterocycles. The van der Waals surface area contributed by atoms with Gasteiger partial charge in [0.15, 0.2) is 0 Å². The Labute approximate surface area is 160 Å². The number of ether oxygens (including phenoxy) is 2. The summed E-state index contributed by atoms with van der Waals surface area (Å²) in [7, 11) is 0. The first-order valence-electron chi connectivity index (χ1n) is 8.22. The number of carbonyl (C=O) groups excluding carboxylic acids is 1. The van der Waals surface area contributed by atoms with Gasteiger partial charge < -0.3 is 19.5 Å². The van der Waals surface area contributed by atoms with Gasteiger partial charge in [0.2, 0.25) is 0 Å². The van der Waals surface area contributed by atoms with Crippen molar-refractivity contribution in [2.24, 2.45) is 0 Å². The lowest BCUT2D eigenvalue weighted by molar-refractivity contribution is 0.00120. The van der Waals surface area contributed by atoms with Crippen molar-refractivity contribution in [1.82, 2.24) is 9.80 Å². The first-order valence-corrected chi connectivity index (χ1v) is 8.60. The van der Waals surface area contributed by atoms with Crippen molar-refractivity contribution in [3.63, 3.8) is 0 Å². The molecule has 1 unspecified atom stereocenters. The molecule has 1 aromatic rings. The van der Waals surface area contributed by atoms with Crippen molar-refractivity contribution in [2.45, 2.75) is 19.6 Å². The normalized spacial score (nSPS) is 16.2. The van der Waals surface area contributed by atoms with Crippen molar-refractivity contribution in [3.8, 4) is 0 Å². The molecule has 6 nitrogen and oxygen atoms in total. The van der Waals surface area contributed by atoms with Gasteiger partial charge in [-0.2, -0.15) is 0 Å². The van der Waals surface area contributed by atoms with E-state index in [1.54, 1.807) is 11.8 Å². The third kappa shape index (κ3) is 7.79. The fourth-order valence-corrected chi connectivity index (χ4v) is 2.70. The van der Waals surface area contributed by atoms with E-state index in [1.165, 1.54) is 0 Å². The summed E-state index contributed by atoms with van der Waals surface area (Å²) in [5.41, 5.74) is 1.02. The van der Waals surface area contributed by atoms with Crippen LogP contribution in [0.15, 0.2) is 24.3 Å². The van der Waals surface area contributed by atoms with E-state index in [1.807, 2.05) is 24.3 Å². The largest absolute Gasteiger partial charge is 0.450 e. The lowest BCUT2D eigenvalue weighted by atomic mass is 10.2. The minimum absolute atomic E-state index is 0. The predicted molar refractivity (Wildman–Crippen MR) is 99.4 cm³/mol. The first-order chi connectivity index (χ1) is 11.6. The second-order valence-corrected chi connectivity index (χ2v) is 6.22. The zero-order valence-corrected chi connectivity index (χ0v) is 16.0. The van der Waals surface area contributed by atoms with Crippen LogP contribution in [0, 0.1) is 0 Å². The van der Waals surface area contributed by atoms with Gasteiger partial charge in [0.1, 0.15) is 0 Å². The number of hydrogen-bond acceptors (Lipinski definition) is 5. The lowest BCUT2D eigenvalue weighted by Crippen LogP contribution is -2.50. The third-order valence-corrected chi connectivity index (χ3v) is 4.11. The van der Waals surface area contributed by atoms with E-state index in [-0.39, 0.29) is 25.1 Å².